The molecular formula is C7H9F3O2. The molecular weight excluding hydrogens is 173 g/mol. The van der Waals surface area contributed by atoms with E-state index in [0.29, 0.717) is 0 Å². The summed E-state index contributed by atoms with van der Waals surface area (Å²) in [7, 11) is 0.901. The Morgan fingerprint density at radius 1 is 1.33 bits per heavy atom. The number of hydrogen-bond donors (Lipinski definition) is 0. The summed E-state index contributed by atoms with van der Waals surface area (Å²) in [6, 6.07) is 0. The molecule has 1 saturated carbocycles. The minimum atomic E-state index is -3.57. The molecule has 0 aromatic heterocycles. The first-order chi connectivity index (χ1) is 5.44. The lowest BCUT2D eigenvalue weighted by molar-refractivity contribution is -0.179. The Labute approximate surface area is 67.7 Å². The van der Waals surface area contributed by atoms with Crippen molar-refractivity contribution in [3.05, 3.63) is 0 Å². The van der Waals surface area contributed by atoms with Gasteiger partial charge < -0.3 is 4.74 Å². The van der Waals surface area contributed by atoms with Crippen molar-refractivity contribution in [2.45, 2.75) is 30.9 Å². The zero-order chi connectivity index (χ0) is 9.41. The molecule has 0 N–H and O–H groups in total. The maximum absolute atomic E-state index is 13.3. The van der Waals surface area contributed by atoms with Gasteiger partial charge in [-0.25, -0.2) is 18.0 Å². The van der Waals surface area contributed by atoms with E-state index in [-0.39, 0.29) is 6.42 Å². The van der Waals surface area contributed by atoms with Crippen LogP contribution in [0.25, 0.3) is 0 Å². The highest BCUT2D eigenvalue weighted by Gasteiger charge is 2.64. The molecule has 1 unspecified atom stereocenters. The van der Waals surface area contributed by atoms with Gasteiger partial charge in [-0.3, -0.25) is 0 Å². The van der Waals surface area contributed by atoms with Crippen molar-refractivity contribution in [2.75, 3.05) is 7.11 Å². The third-order valence-electron chi connectivity index (χ3n) is 2.10. The predicted molar refractivity (Wildman–Crippen MR) is 34.7 cm³/mol. The van der Waals surface area contributed by atoms with E-state index in [4.69, 9.17) is 0 Å². The van der Waals surface area contributed by atoms with Gasteiger partial charge in [-0.05, 0) is 12.8 Å². The molecule has 0 spiro atoms. The molecule has 0 bridgehead atoms. The van der Waals surface area contributed by atoms with Crippen molar-refractivity contribution in [2.24, 2.45) is 0 Å². The highest BCUT2D eigenvalue weighted by atomic mass is 19.3. The monoisotopic (exact) mass is 182 g/mol. The van der Waals surface area contributed by atoms with Crippen LogP contribution in [0.1, 0.15) is 19.3 Å². The van der Waals surface area contributed by atoms with Crippen LogP contribution in [-0.2, 0) is 9.53 Å². The Bertz CT molecular complexity index is 205. The number of methoxy groups -OCH3 is 1. The lowest BCUT2D eigenvalue weighted by atomic mass is 10.0. The lowest BCUT2D eigenvalue weighted by Gasteiger charge is -2.23. The second-order valence-corrected chi connectivity index (χ2v) is 2.85. The van der Waals surface area contributed by atoms with Crippen LogP contribution in [0.15, 0.2) is 0 Å². The van der Waals surface area contributed by atoms with Gasteiger partial charge in [0.05, 0.1) is 7.11 Å². The minimum absolute atomic E-state index is 0.0125. The standard InChI is InChI=1S/C7H9F3O2/c1-12-5(11)6(8)3-2-4-7(6,9)10/h2-4H2,1H3. The molecule has 70 valence electrons. The van der Waals surface area contributed by atoms with Gasteiger partial charge in [-0.2, -0.15) is 0 Å². The molecule has 2 nitrogen and oxygen atoms in total. The van der Waals surface area contributed by atoms with Crippen molar-refractivity contribution in [1.29, 1.82) is 0 Å². The summed E-state index contributed by atoms with van der Waals surface area (Å²) in [5.74, 6) is -5.04. The fourth-order valence-electron chi connectivity index (χ4n) is 1.35. The second-order valence-electron chi connectivity index (χ2n) is 2.85. The lowest BCUT2D eigenvalue weighted by Crippen LogP contribution is -2.46. The molecule has 0 saturated heterocycles. The second kappa shape index (κ2) is 2.64. The van der Waals surface area contributed by atoms with Crippen LogP contribution in [0.3, 0.4) is 0 Å². The SMILES string of the molecule is COC(=O)C1(F)CCCC1(F)F. The summed E-state index contributed by atoms with van der Waals surface area (Å²) < 4.78 is 42.7. The smallest absolute Gasteiger partial charge is 0.350 e. The van der Waals surface area contributed by atoms with Crippen LogP contribution in [-0.4, -0.2) is 24.7 Å². The van der Waals surface area contributed by atoms with Gasteiger partial charge in [-0.15, -0.1) is 0 Å². The number of carbonyl (C=O) groups excluding carboxylic acids is 1. The number of hydrogen-bond acceptors (Lipinski definition) is 2. The van der Waals surface area contributed by atoms with Crippen molar-refractivity contribution in [3.8, 4) is 0 Å². The van der Waals surface area contributed by atoms with Gasteiger partial charge in [0, 0.05) is 6.42 Å². The number of halogens is 3. The zero-order valence-corrected chi connectivity index (χ0v) is 6.57. The van der Waals surface area contributed by atoms with Crippen LogP contribution in [0.2, 0.25) is 0 Å². The van der Waals surface area contributed by atoms with E-state index in [9.17, 15) is 18.0 Å². The molecule has 12 heavy (non-hydrogen) atoms. The van der Waals surface area contributed by atoms with Gasteiger partial charge in [0.2, 0.25) is 0 Å². The fourth-order valence-corrected chi connectivity index (χ4v) is 1.35. The Hall–Kier alpha value is -0.740. The number of ether oxygens (including phenoxy) is 1. The third kappa shape index (κ3) is 1.07. The largest absolute Gasteiger partial charge is 0.466 e. The van der Waals surface area contributed by atoms with Gasteiger partial charge in [-0.1, -0.05) is 0 Å². The van der Waals surface area contributed by atoms with Crippen LogP contribution < -0.4 is 0 Å². The highest BCUT2D eigenvalue weighted by molar-refractivity contribution is 5.81. The summed E-state index contributed by atoms with van der Waals surface area (Å²) in [5, 5.41) is 0. The van der Waals surface area contributed by atoms with Crippen molar-refractivity contribution in [3.63, 3.8) is 0 Å². The van der Waals surface area contributed by atoms with Crippen LogP contribution in [0, 0.1) is 0 Å². The first-order valence-corrected chi connectivity index (χ1v) is 3.59. The Morgan fingerprint density at radius 3 is 2.25 bits per heavy atom. The van der Waals surface area contributed by atoms with E-state index in [2.05, 4.69) is 4.74 Å². The summed E-state index contributed by atoms with van der Waals surface area (Å²) in [4.78, 5) is 10.7. The molecule has 5 heteroatoms. The molecule has 1 aliphatic carbocycles. The predicted octanol–water partition coefficient (Wildman–Crippen LogP) is 1.69. The fraction of sp³-hybridized carbons (Fsp3) is 0.857. The summed E-state index contributed by atoms with van der Waals surface area (Å²) in [6.07, 6.45) is -1.02. The molecule has 1 aliphatic rings. The maximum atomic E-state index is 13.3. The first-order valence-electron chi connectivity index (χ1n) is 3.59. The van der Waals surface area contributed by atoms with E-state index >= 15 is 0 Å². The number of alkyl halides is 3. The Kier molecular flexibility index (Phi) is 2.06. The molecule has 0 radical (unpaired) electrons. The quantitative estimate of drug-likeness (QED) is 0.577. The van der Waals surface area contributed by atoms with E-state index in [1.54, 1.807) is 0 Å². The Morgan fingerprint density at radius 2 is 1.92 bits per heavy atom. The van der Waals surface area contributed by atoms with Crippen LogP contribution >= 0.6 is 0 Å². The molecule has 1 atom stereocenters. The molecule has 0 heterocycles. The van der Waals surface area contributed by atoms with E-state index < -0.39 is 30.4 Å². The van der Waals surface area contributed by atoms with Crippen molar-refractivity contribution >= 4 is 5.97 Å². The average Bonchev–Trinajstić information content (AvgIpc) is 2.26. The van der Waals surface area contributed by atoms with E-state index in [0.717, 1.165) is 7.11 Å². The van der Waals surface area contributed by atoms with E-state index in [1.807, 2.05) is 0 Å². The Balaban J connectivity index is 2.90. The molecule has 1 rings (SSSR count). The summed E-state index contributed by atoms with van der Waals surface area (Å²) in [6.45, 7) is 0. The number of esters is 1. The van der Waals surface area contributed by atoms with Gasteiger partial charge in [0.15, 0.2) is 0 Å². The van der Waals surface area contributed by atoms with Crippen LogP contribution in [0.4, 0.5) is 13.2 Å². The van der Waals surface area contributed by atoms with Gasteiger partial charge in [0.25, 0.3) is 11.6 Å². The summed E-state index contributed by atoms with van der Waals surface area (Å²) in [5.41, 5.74) is -3.10. The topological polar surface area (TPSA) is 26.3 Å². The first kappa shape index (κ1) is 9.35. The molecule has 0 aromatic carbocycles. The minimum Gasteiger partial charge on any atom is -0.466 e. The van der Waals surface area contributed by atoms with Crippen molar-refractivity contribution < 1.29 is 22.7 Å². The highest BCUT2D eigenvalue weighted by Crippen LogP contribution is 2.47. The molecule has 0 aromatic rings. The van der Waals surface area contributed by atoms with Crippen LogP contribution in [0.5, 0.6) is 0 Å². The molecule has 0 aliphatic heterocycles. The van der Waals surface area contributed by atoms with Gasteiger partial charge >= 0.3 is 5.97 Å². The van der Waals surface area contributed by atoms with E-state index in [1.165, 1.54) is 0 Å². The van der Waals surface area contributed by atoms with Crippen molar-refractivity contribution in [1.82, 2.24) is 0 Å². The number of carbonyl (C=O) groups is 1. The van der Waals surface area contributed by atoms with Gasteiger partial charge in [0.1, 0.15) is 0 Å². The molecule has 1 fully saturated rings. The maximum Gasteiger partial charge on any atom is 0.350 e. The zero-order valence-electron chi connectivity index (χ0n) is 6.57. The molecule has 0 amide bonds. The third-order valence-corrected chi connectivity index (χ3v) is 2.10. The average molecular weight is 182 g/mol. The summed E-state index contributed by atoms with van der Waals surface area (Å²) >= 11 is 0. The number of rotatable bonds is 1. The normalized spacial score (nSPS) is 33.3.